The van der Waals surface area contributed by atoms with Crippen molar-refractivity contribution in [3.05, 3.63) is 75.8 Å². The molecule has 10 heteroatoms. The Hall–Kier alpha value is -3.92. The van der Waals surface area contributed by atoms with Crippen LogP contribution in [0.1, 0.15) is 36.7 Å². The van der Waals surface area contributed by atoms with E-state index in [2.05, 4.69) is 22.3 Å². The maximum Gasteiger partial charge on any atom is 0.359 e. The molecule has 0 saturated carbocycles. The minimum atomic E-state index is -0.799. The predicted molar refractivity (Wildman–Crippen MR) is 132 cm³/mol. The fourth-order valence-electron chi connectivity index (χ4n) is 3.49. The normalized spacial score (nSPS) is 10.9. The van der Waals surface area contributed by atoms with E-state index in [9.17, 15) is 18.8 Å². The molecule has 0 spiro atoms. The summed E-state index contributed by atoms with van der Waals surface area (Å²) < 4.78 is 19.6. The van der Waals surface area contributed by atoms with Gasteiger partial charge in [0.15, 0.2) is 17.4 Å². The third kappa shape index (κ3) is 5.78. The molecule has 35 heavy (non-hydrogen) atoms. The number of fused-ring (bicyclic) bond motifs is 1. The number of rotatable bonds is 9. The van der Waals surface area contributed by atoms with E-state index >= 15 is 0 Å². The van der Waals surface area contributed by atoms with E-state index in [-0.39, 0.29) is 17.1 Å². The van der Waals surface area contributed by atoms with Gasteiger partial charge in [-0.2, -0.15) is 5.10 Å². The highest BCUT2D eigenvalue weighted by molar-refractivity contribution is 7.14. The summed E-state index contributed by atoms with van der Waals surface area (Å²) in [6.45, 7) is 1.90. The average molecular weight is 495 g/mol. The summed E-state index contributed by atoms with van der Waals surface area (Å²) in [5.41, 5.74) is 1.01. The number of aryl methyl sites for hydroxylation is 1. The van der Waals surface area contributed by atoms with Crippen LogP contribution in [0.15, 0.2) is 58.7 Å². The zero-order valence-corrected chi connectivity index (χ0v) is 19.8. The summed E-state index contributed by atoms with van der Waals surface area (Å²) >= 11 is 1.19. The number of nitrogens with one attached hydrogen (secondary N) is 1. The van der Waals surface area contributed by atoms with Gasteiger partial charge in [0.2, 0.25) is 0 Å². The number of esters is 1. The molecule has 0 saturated heterocycles. The lowest BCUT2D eigenvalue weighted by Gasteiger charge is -2.10. The first kappa shape index (κ1) is 24.2. The van der Waals surface area contributed by atoms with Crippen molar-refractivity contribution >= 4 is 39.1 Å². The Bertz CT molecular complexity index is 1420. The lowest BCUT2D eigenvalue weighted by Crippen LogP contribution is -2.28. The molecule has 1 N–H and O–H groups in total. The molecule has 0 bridgehead atoms. The number of halogens is 1. The number of unbranched alkanes of at least 4 members (excludes halogenated alkanes) is 2. The van der Waals surface area contributed by atoms with Crippen LogP contribution in [0.25, 0.3) is 22.0 Å². The third-order valence-corrected chi connectivity index (χ3v) is 6.02. The number of carbonyl (C=O) groups is 2. The number of hydrogen-bond acceptors (Lipinski definition) is 7. The number of ether oxygens (including phenoxy) is 1. The minimum absolute atomic E-state index is 0.0163. The highest BCUT2D eigenvalue weighted by Crippen LogP contribution is 2.25. The molecule has 0 aliphatic rings. The molecule has 0 unspecified atom stereocenters. The highest BCUT2D eigenvalue weighted by atomic mass is 32.1. The van der Waals surface area contributed by atoms with Crippen molar-refractivity contribution in [3.8, 4) is 11.3 Å². The van der Waals surface area contributed by atoms with Crippen LogP contribution in [0, 0.1) is 5.82 Å². The number of anilines is 1. The van der Waals surface area contributed by atoms with E-state index in [1.54, 1.807) is 41.8 Å². The molecule has 1 amide bonds. The monoisotopic (exact) mass is 494 g/mol. The Morgan fingerprint density at radius 1 is 1.09 bits per heavy atom. The van der Waals surface area contributed by atoms with Crippen molar-refractivity contribution < 1.29 is 18.7 Å². The standard InChI is InChI=1S/C25H23FN4O4S/c1-2-3-6-13-30-23(32)19-8-5-4-7-18(19)22(29-30)24(33)34-14-21(31)28-25-27-20(15-35-25)16-9-11-17(26)12-10-16/h4-5,7-12,15H,2-3,6,13-14H2,1H3,(H,27,28,31). The second kappa shape index (κ2) is 11.0. The van der Waals surface area contributed by atoms with Crippen LogP contribution >= 0.6 is 11.3 Å². The number of carbonyl (C=O) groups excluding carboxylic acids is 2. The van der Waals surface area contributed by atoms with E-state index in [0.717, 1.165) is 19.3 Å². The first-order valence-electron chi connectivity index (χ1n) is 11.1. The molecule has 4 rings (SSSR count). The Balaban J connectivity index is 1.44. The first-order chi connectivity index (χ1) is 17.0. The SMILES string of the molecule is CCCCCn1nc(C(=O)OCC(=O)Nc2nc(-c3ccc(F)cc3)cs2)c2ccccc2c1=O. The van der Waals surface area contributed by atoms with Gasteiger partial charge in [-0.1, -0.05) is 38.0 Å². The Labute approximate surface area is 204 Å². The van der Waals surface area contributed by atoms with Crippen molar-refractivity contribution in [2.75, 3.05) is 11.9 Å². The molecule has 2 aromatic heterocycles. The zero-order chi connectivity index (χ0) is 24.8. The van der Waals surface area contributed by atoms with Crippen LogP contribution in [0.2, 0.25) is 0 Å². The van der Waals surface area contributed by atoms with E-state index in [1.165, 1.54) is 28.2 Å². The second-order valence-corrected chi connectivity index (χ2v) is 8.66. The van der Waals surface area contributed by atoms with Gasteiger partial charge in [0.05, 0.1) is 11.1 Å². The molecule has 2 aromatic carbocycles. The average Bonchev–Trinajstić information content (AvgIpc) is 3.33. The van der Waals surface area contributed by atoms with Crippen LogP contribution in [0.4, 0.5) is 9.52 Å². The van der Waals surface area contributed by atoms with Crippen molar-refractivity contribution in [2.24, 2.45) is 0 Å². The molecule has 0 radical (unpaired) electrons. The van der Waals surface area contributed by atoms with Gasteiger partial charge in [-0.3, -0.25) is 14.9 Å². The fourth-order valence-corrected chi connectivity index (χ4v) is 4.22. The summed E-state index contributed by atoms with van der Waals surface area (Å²) in [6, 6.07) is 12.5. The quantitative estimate of drug-likeness (QED) is 0.269. The number of amides is 1. The van der Waals surface area contributed by atoms with Crippen molar-refractivity contribution in [3.63, 3.8) is 0 Å². The second-order valence-electron chi connectivity index (χ2n) is 7.80. The Morgan fingerprint density at radius 3 is 2.57 bits per heavy atom. The number of aromatic nitrogens is 3. The number of thiazole rings is 1. The largest absolute Gasteiger partial charge is 0.451 e. The van der Waals surface area contributed by atoms with Crippen molar-refractivity contribution in [1.82, 2.24) is 14.8 Å². The van der Waals surface area contributed by atoms with Gasteiger partial charge in [-0.05, 0) is 36.8 Å². The number of hydrogen-bond donors (Lipinski definition) is 1. The molecule has 0 atom stereocenters. The van der Waals surface area contributed by atoms with E-state index in [0.29, 0.717) is 33.7 Å². The smallest absolute Gasteiger partial charge is 0.359 e. The lowest BCUT2D eigenvalue weighted by molar-refractivity contribution is -0.119. The molecule has 0 aliphatic heterocycles. The molecule has 2 heterocycles. The van der Waals surface area contributed by atoms with Crippen LogP contribution in [-0.4, -0.2) is 33.2 Å². The van der Waals surface area contributed by atoms with Crippen LogP contribution < -0.4 is 10.9 Å². The number of nitrogens with zero attached hydrogens (tertiary/aromatic N) is 3. The lowest BCUT2D eigenvalue weighted by atomic mass is 10.1. The summed E-state index contributed by atoms with van der Waals surface area (Å²) in [6.07, 6.45) is 2.67. The Morgan fingerprint density at radius 2 is 1.83 bits per heavy atom. The third-order valence-electron chi connectivity index (χ3n) is 5.26. The van der Waals surface area contributed by atoms with E-state index < -0.39 is 18.5 Å². The fraction of sp³-hybridized carbons (Fsp3) is 0.240. The molecule has 0 aliphatic carbocycles. The molecule has 4 aromatic rings. The first-order valence-corrected chi connectivity index (χ1v) is 12.0. The van der Waals surface area contributed by atoms with Gasteiger partial charge in [0.25, 0.3) is 11.5 Å². The van der Waals surface area contributed by atoms with E-state index in [4.69, 9.17) is 4.74 Å². The molecular formula is C25H23FN4O4S. The van der Waals surface area contributed by atoms with Gasteiger partial charge in [-0.15, -0.1) is 11.3 Å². The van der Waals surface area contributed by atoms with Crippen LogP contribution in [0.5, 0.6) is 0 Å². The summed E-state index contributed by atoms with van der Waals surface area (Å²) in [4.78, 5) is 42.2. The van der Waals surface area contributed by atoms with Crippen LogP contribution in [-0.2, 0) is 16.1 Å². The van der Waals surface area contributed by atoms with Crippen LogP contribution in [0.3, 0.4) is 0 Å². The van der Waals surface area contributed by atoms with Gasteiger partial charge in [-0.25, -0.2) is 18.9 Å². The highest BCUT2D eigenvalue weighted by Gasteiger charge is 2.19. The molecule has 8 nitrogen and oxygen atoms in total. The molecule has 180 valence electrons. The summed E-state index contributed by atoms with van der Waals surface area (Å²) in [5.74, 6) is -1.72. The topological polar surface area (TPSA) is 103 Å². The van der Waals surface area contributed by atoms with Gasteiger partial charge >= 0.3 is 5.97 Å². The molecular weight excluding hydrogens is 471 g/mol. The van der Waals surface area contributed by atoms with E-state index in [1.807, 2.05) is 0 Å². The van der Waals surface area contributed by atoms with Crippen molar-refractivity contribution in [2.45, 2.75) is 32.7 Å². The summed E-state index contributed by atoms with van der Waals surface area (Å²) in [5, 5.41) is 9.61. The summed E-state index contributed by atoms with van der Waals surface area (Å²) in [7, 11) is 0. The Kier molecular flexibility index (Phi) is 7.61. The predicted octanol–water partition coefficient (Wildman–Crippen LogP) is 4.64. The van der Waals surface area contributed by atoms with Gasteiger partial charge in [0.1, 0.15) is 5.82 Å². The van der Waals surface area contributed by atoms with Gasteiger partial charge in [0, 0.05) is 22.9 Å². The molecule has 0 fully saturated rings. The van der Waals surface area contributed by atoms with Gasteiger partial charge < -0.3 is 4.74 Å². The number of benzene rings is 2. The maximum absolute atomic E-state index is 13.1. The zero-order valence-electron chi connectivity index (χ0n) is 19.0. The van der Waals surface area contributed by atoms with Crippen molar-refractivity contribution in [1.29, 1.82) is 0 Å². The maximum atomic E-state index is 13.1. The minimum Gasteiger partial charge on any atom is -0.451 e.